The number of halogens is 4. The Hall–Kier alpha value is -2.03. The van der Waals surface area contributed by atoms with Crippen molar-refractivity contribution in [2.75, 3.05) is 13.1 Å². The maximum Gasteiger partial charge on any atom is 0.417 e. The number of hydrogen-bond acceptors (Lipinski definition) is 4. The quantitative estimate of drug-likeness (QED) is 0.778. The van der Waals surface area contributed by atoms with Crippen molar-refractivity contribution in [2.24, 2.45) is 5.92 Å². The molecule has 0 aliphatic carbocycles. The zero-order chi connectivity index (χ0) is 19.3. The Morgan fingerprint density at radius 2 is 1.96 bits per heavy atom. The fraction of sp³-hybridized carbons (Fsp3) is 0.562. The molecule has 1 aliphatic heterocycles. The average molecular weight is 391 g/mol. The smallest absolute Gasteiger partial charge is 0.417 e. The van der Waals surface area contributed by atoms with Gasteiger partial charge in [0.2, 0.25) is 0 Å². The molecule has 1 saturated heterocycles. The topological polar surface area (TPSA) is 60.2 Å². The molecule has 0 unspecified atom stereocenters. The zero-order valence-electron chi connectivity index (χ0n) is 14.5. The number of carbonyl (C=O) groups excluding carboxylic acids is 1. The molecular weight excluding hydrogens is 373 g/mol. The maximum atomic E-state index is 12.9. The van der Waals surface area contributed by atoms with Crippen molar-refractivity contribution >= 4 is 28.7 Å². The fourth-order valence-corrected chi connectivity index (χ4v) is 3.01. The summed E-state index contributed by atoms with van der Waals surface area (Å²) in [6.45, 7) is 6.79. The van der Waals surface area contributed by atoms with Crippen LogP contribution in [0.5, 0.6) is 0 Å². The number of likely N-dealkylation sites (tertiary alicyclic amines) is 1. The zero-order valence-corrected chi connectivity index (χ0v) is 15.2. The molecule has 0 saturated carbocycles. The van der Waals surface area contributed by atoms with Gasteiger partial charge in [0.25, 0.3) is 0 Å². The summed E-state index contributed by atoms with van der Waals surface area (Å²) in [5.74, 6) is 0.119. The number of nitrogens with zero attached hydrogens (tertiary/aromatic N) is 4. The van der Waals surface area contributed by atoms with Gasteiger partial charge >= 0.3 is 12.3 Å². The molecule has 26 heavy (non-hydrogen) atoms. The van der Waals surface area contributed by atoms with Gasteiger partial charge < -0.3 is 9.64 Å². The van der Waals surface area contributed by atoms with E-state index in [9.17, 15) is 18.0 Å². The minimum atomic E-state index is -4.54. The van der Waals surface area contributed by atoms with Crippen molar-refractivity contribution in [3.63, 3.8) is 0 Å². The molecule has 0 N–H and O–H groups in total. The molecule has 0 atom stereocenters. The van der Waals surface area contributed by atoms with E-state index in [2.05, 4.69) is 10.3 Å². The first-order valence-electron chi connectivity index (χ1n) is 8.02. The highest BCUT2D eigenvalue weighted by molar-refractivity contribution is 6.32. The van der Waals surface area contributed by atoms with Crippen molar-refractivity contribution in [1.82, 2.24) is 19.9 Å². The highest BCUT2D eigenvalue weighted by atomic mass is 35.5. The number of benzene rings is 1. The molecule has 10 heteroatoms. The molecule has 0 spiro atoms. The van der Waals surface area contributed by atoms with Crippen LogP contribution < -0.4 is 0 Å². The van der Waals surface area contributed by atoms with Crippen LogP contribution >= 0.6 is 11.6 Å². The highest BCUT2D eigenvalue weighted by Crippen LogP contribution is 2.36. The van der Waals surface area contributed by atoms with Crippen LogP contribution in [0.25, 0.3) is 11.0 Å². The molecule has 0 radical (unpaired) electrons. The second-order valence-corrected chi connectivity index (χ2v) is 7.75. The third-order valence-corrected chi connectivity index (χ3v) is 4.26. The van der Waals surface area contributed by atoms with Crippen LogP contribution in [-0.2, 0) is 17.5 Å². The van der Waals surface area contributed by atoms with Gasteiger partial charge in [0, 0.05) is 25.6 Å². The lowest BCUT2D eigenvalue weighted by Gasteiger charge is -2.39. The van der Waals surface area contributed by atoms with Crippen LogP contribution in [0.15, 0.2) is 12.1 Å². The molecule has 1 fully saturated rings. The van der Waals surface area contributed by atoms with Crippen LogP contribution in [0, 0.1) is 5.92 Å². The second-order valence-electron chi connectivity index (χ2n) is 7.34. The Kier molecular flexibility index (Phi) is 4.54. The predicted octanol–water partition coefficient (Wildman–Crippen LogP) is 3.97. The molecular formula is C16H18ClF3N4O2. The highest BCUT2D eigenvalue weighted by Gasteiger charge is 2.36. The number of rotatable bonds is 2. The van der Waals surface area contributed by atoms with Gasteiger partial charge in [-0.05, 0) is 32.9 Å². The molecule has 1 amide bonds. The summed E-state index contributed by atoms with van der Waals surface area (Å²) in [6.07, 6.45) is -4.92. The Morgan fingerprint density at radius 3 is 2.54 bits per heavy atom. The lowest BCUT2D eigenvalue weighted by atomic mass is 10.0. The van der Waals surface area contributed by atoms with Crippen molar-refractivity contribution in [3.8, 4) is 0 Å². The number of amides is 1. The molecule has 0 bridgehead atoms. The average Bonchev–Trinajstić information content (AvgIpc) is 2.80. The van der Waals surface area contributed by atoms with Crippen molar-refractivity contribution in [2.45, 2.75) is 39.1 Å². The van der Waals surface area contributed by atoms with Gasteiger partial charge in [-0.25, -0.2) is 9.48 Å². The van der Waals surface area contributed by atoms with Crippen LogP contribution in [0.4, 0.5) is 18.0 Å². The normalized spacial score (nSPS) is 16.0. The third-order valence-electron chi connectivity index (χ3n) is 3.95. The Bertz CT molecular complexity index is 838. The van der Waals surface area contributed by atoms with Crippen LogP contribution in [0.3, 0.4) is 0 Å². The molecule has 2 heterocycles. The van der Waals surface area contributed by atoms with E-state index in [1.165, 1.54) is 10.7 Å². The summed E-state index contributed by atoms with van der Waals surface area (Å²) in [7, 11) is 0. The summed E-state index contributed by atoms with van der Waals surface area (Å²) < 4.78 is 45.5. The van der Waals surface area contributed by atoms with Gasteiger partial charge in [0.15, 0.2) is 0 Å². The molecule has 1 aliphatic rings. The van der Waals surface area contributed by atoms with Gasteiger partial charge in [-0.1, -0.05) is 16.8 Å². The van der Waals surface area contributed by atoms with Crippen LogP contribution in [-0.4, -0.2) is 44.7 Å². The van der Waals surface area contributed by atoms with E-state index >= 15 is 0 Å². The fourth-order valence-electron chi connectivity index (χ4n) is 2.75. The van der Waals surface area contributed by atoms with Crippen LogP contribution in [0.1, 0.15) is 26.3 Å². The number of hydrogen-bond donors (Lipinski definition) is 0. The van der Waals surface area contributed by atoms with Gasteiger partial charge in [-0.2, -0.15) is 13.2 Å². The Balaban J connectivity index is 1.68. The second kappa shape index (κ2) is 6.29. The Morgan fingerprint density at radius 1 is 1.31 bits per heavy atom. The summed E-state index contributed by atoms with van der Waals surface area (Å²) in [4.78, 5) is 13.5. The van der Waals surface area contributed by atoms with Gasteiger partial charge in [-0.15, -0.1) is 5.10 Å². The van der Waals surface area contributed by atoms with E-state index in [1.54, 1.807) is 25.7 Å². The number of aromatic nitrogens is 3. The predicted molar refractivity (Wildman–Crippen MR) is 88.8 cm³/mol. The monoisotopic (exact) mass is 390 g/mol. The van der Waals surface area contributed by atoms with E-state index < -0.39 is 22.4 Å². The molecule has 142 valence electrons. The number of fused-ring (bicyclic) bond motifs is 1. The van der Waals surface area contributed by atoms with Crippen molar-refractivity contribution in [3.05, 3.63) is 22.7 Å². The number of alkyl halides is 3. The third kappa shape index (κ3) is 3.87. The van der Waals surface area contributed by atoms with E-state index in [-0.39, 0.29) is 17.5 Å². The standard InChI is InChI=1S/C16H18ClF3N4O2/c1-15(2,3)26-14(25)23-6-9(7-23)8-24-13-5-11(17)10(16(18,19)20)4-12(13)21-22-24/h4-5,9H,6-8H2,1-3H3. The van der Waals surface area contributed by atoms with E-state index in [0.717, 1.165) is 6.07 Å². The molecule has 1 aromatic heterocycles. The summed E-state index contributed by atoms with van der Waals surface area (Å²) in [6, 6.07) is 2.12. The van der Waals surface area contributed by atoms with Crippen molar-refractivity contribution in [1.29, 1.82) is 0 Å². The minimum Gasteiger partial charge on any atom is -0.444 e. The lowest BCUT2D eigenvalue weighted by Crippen LogP contribution is -2.52. The van der Waals surface area contributed by atoms with Gasteiger partial charge in [-0.3, -0.25) is 0 Å². The number of carbonyl (C=O) groups is 1. The van der Waals surface area contributed by atoms with E-state index in [0.29, 0.717) is 25.2 Å². The largest absolute Gasteiger partial charge is 0.444 e. The summed E-state index contributed by atoms with van der Waals surface area (Å²) in [5, 5.41) is 7.32. The minimum absolute atomic E-state index is 0.119. The summed E-state index contributed by atoms with van der Waals surface area (Å²) >= 11 is 5.77. The first-order chi connectivity index (χ1) is 11.9. The Labute approximate surface area is 152 Å². The van der Waals surface area contributed by atoms with E-state index in [1.807, 2.05) is 0 Å². The van der Waals surface area contributed by atoms with Gasteiger partial charge in [0.05, 0.1) is 16.1 Å². The lowest BCUT2D eigenvalue weighted by molar-refractivity contribution is -0.137. The SMILES string of the molecule is CC(C)(C)OC(=O)N1CC(Cn2nnc3cc(C(F)(F)F)c(Cl)cc32)C1. The van der Waals surface area contributed by atoms with Crippen molar-refractivity contribution < 1.29 is 22.7 Å². The first-order valence-corrected chi connectivity index (χ1v) is 8.40. The molecule has 2 aromatic rings. The molecule has 6 nitrogen and oxygen atoms in total. The van der Waals surface area contributed by atoms with E-state index in [4.69, 9.17) is 16.3 Å². The maximum absolute atomic E-state index is 12.9. The van der Waals surface area contributed by atoms with Crippen LogP contribution in [0.2, 0.25) is 5.02 Å². The first kappa shape index (κ1) is 18.8. The summed E-state index contributed by atoms with van der Waals surface area (Å²) in [5.41, 5.74) is -0.931. The van der Waals surface area contributed by atoms with Gasteiger partial charge in [0.1, 0.15) is 11.1 Å². The number of ether oxygens (including phenoxy) is 1. The molecule has 1 aromatic carbocycles. The molecule has 3 rings (SSSR count).